The number of carbonyl (C=O) groups is 1. The Balaban J connectivity index is 0. The first kappa shape index (κ1) is 16.2. The van der Waals surface area contributed by atoms with E-state index in [-0.39, 0.29) is 18.7 Å². The molecule has 0 heterocycles. The number of rotatable bonds is 5. The number of nitrogens with two attached hydrogens (primary N) is 1. The van der Waals surface area contributed by atoms with Crippen LogP contribution >= 0.6 is 12.4 Å². The van der Waals surface area contributed by atoms with E-state index in [0.29, 0.717) is 0 Å². The number of hydrogen-bond acceptors (Lipinski definition) is 7. The molecular weight excluding hydrogens is 218 g/mol. The van der Waals surface area contributed by atoms with Gasteiger partial charge in [0.1, 0.15) is 18.3 Å². The lowest BCUT2D eigenvalue weighted by molar-refractivity contribution is -0.163. The molecule has 0 aliphatic heterocycles. The Hall–Kier alpha value is -0.280. The van der Waals surface area contributed by atoms with Crippen molar-refractivity contribution in [1.29, 1.82) is 0 Å². The van der Waals surface area contributed by atoms with Crippen molar-refractivity contribution in [3.05, 3.63) is 0 Å². The molecule has 0 aliphatic rings. The number of aldehydes is 1. The summed E-state index contributed by atoms with van der Waals surface area (Å²) in [5.74, 6) is 0. The van der Waals surface area contributed by atoms with Crippen LogP contribution in [0.1, 0.15) is 0 Å². The van der Waals surface area contributed by atoms with Gasteiger partial charge < -0.3 is 25.5 Å². The van der Waals surface area contributed by atoms with Crippen LogP contribution in [0.4, 0.5) is 0 Å². The van der Waals surface area contributed by atoms with Gasteiger partial charge in [0.25, 0.3) is 0 Å². The monoisotopic (exact) mass is 231 g/mol. The van der Waals surface area contributed by atoms with Crippen molar-refractivity contribution in [2.24, 2.45) is 5.73 Å². The fourth-order valence-electron chi connectivity index (χ4n) is 0.662. The Kier molecular flexibility index (Phi) is 7.21. The standard InChI is InChI=1S/C6H13NO6.ClH/c7-6(13,2-9)5(12)4(11)3(10)1-8;/h2-5,8,10-13H,1,7H2;1H/t3-,4-,5+,6+;/m1./s1. The molecule has 0 aromatic carbocycles. The number of aliphatic hydroxyl groups excluding tert-OH is 4. The smallest absolute Gasteiger partial charge is 0.199 e. The normalized spacial score (nSPS) is 21.3. The molecule has 14 heavy (non-hydrogen) atoms. The molecule has 8 heteroatoms. The summed E-state index contributed by atoms with van der Waals surface area (Å²) in [6.45, 7) is -0.826. The van der Waals surface area contributed by atoms with Gasteiger partial charge in [0.15, 0.2) is 12.0 Å². The summed E-state index contributed by atoms with van der Waals surface area (Å²) in [4.78, 5) is 10.1. The van der Waals surface area contributed by atoms with E-state index in [1.807, 2.05) is 0 Å². The fourth-order valence-corrected chi connectivity index (χ4v) is 0.662. The summed E-state index contributed by atoms with van der Waals surface area (Å²) in [6, 6.07) is 0. The van der Waals surface area contributed by atoms with E-state index in [4.69, 9.17) is 31.3 Å². The van der Waals surface area contributed by atoms with E-state index in [1.54, 1.807) is 0 Å². The van der Waals surface area contributed by atoms with Crippen LogP contribution in [0.15, 0.2) is 0 Å². The van der Waals surface area contributed by atoms with Crippen LogP contribution in [-0.2, 0) is 4.79 Å². The first-order valence-electron chi connectivity index (χ1n) is 3.49. The molecule has 0 aromatic heterocycles. The Labute approximate surface area is 86.2 Å². The highest BCUT2D eigenvalue weighted by Gasteiger charge is 2.39. The van der Waals surface area contributed by atoms with Gasteiger partial charge >= 0.3 is 0 Å². The van der Waals surface area contributed by atoms with Gasteiger partial charge in [0, 0.05) is 0 Å². The molecule has 0 saturated carbocycles. The second kappa shape index (κ2) is 6.25. The van der Waals surface area contributed by atoms with Gasteiger partial charge in [-0.15, -0.1) is 12.4 Å². The third kappa shape index (κ3) is 3.84. The zero-order chi connectivity index (χ0) is 10.6. The highest BCUT2D eigenvalue weighted by atomic mass is 35.5. The highest BCUT2D eigenvalue weighted by Crippen LogP contribution is 2.08. The van der Waals surface area contributed by atoms with Crippen LogP contribution in [-0.4, -0.2) is 62.5 Å². The SMILES string of the molecule is Cl.N[C@](O)(C=O)[C@@H](O)[C@H](O)[C@H](O)CO. The second-order valence-corrected chi connectivity index (χ2v) is 2.69. The molecule has 4 atom stereocenters. The second-order valence-electron chi connectivity index (χ2n) is 2.69. The molecule has 0 bridgehead atoms. The topological polar surface area (TPSA) is 144 Å². The molecule has 0 radical (unpaired) electrons. The molecule has 7 nitrogen and oxygen atoms in total. The first-order valence-corrected chi connectivity index (χ1v) is 3.49. The van der Waals surface area contributed by atoms with Crippen molar-refractivity contribution in [3.8, 4) is 0 Å². The Morgan fingerprint density at radius 1 is 1.36 bits per heavy atom. The summed E-state index contributed by atoms with van der Waals surface area (Å²) in [5.41, 5.74) is 2.19. The summed E-state index contributed by atoms with van der Waals surface area (Å²) < 4.78 is 0. The summed E-state index contributed by atoms with van der Waals surface area (Å²) in [6.07, 6.45) is -5.81. The molecule has 0 aliphatic carbocycles. The molecule has 0 amide bonds. The van der Waals surface area contributed by atoms with Crippen molar-refractivity contribution >= 4 is 18.7 Å². The largest absolute Gasteiger partial charge is 0.394 e. The minimum absolute atomic E-state index is 0. The summed E-state index contributed by atoms with van der Waals surface area (Å²) >= 11 is 0. The molecule has 0 spiro atoms. The average Bonchev–Trinajstić information content (AvgIpc) is 2.14. The minimum Gasteiger partial charge on any atom is -0.394 e. The van der Waals surface area contributed by atoms with Gasteiger partial charge in [0.2, 0.25) is 0 Å². The minimum atomic E-state index is -2.64. The van der Waals surface area contributed by atoms with Crippen LogP contribution < -0.4 is 5.73 Å². The number of halogens is 1. The predicted molar refractivity (Wildman–Crippen MR) is 47.6 cm³/mol. The fraction of sp³-hybridized carbons (Fsp3) is 0.833. The van der Waals surface area contributed by atoms with Gasteiger partial charge in [-0.1, -0.05) is 0 Å². The molecule has 86 valence electrons. The molecule has 0 rings (SSSR count). The van der Waals surface area contributed by atoms with Crippen LogP contribution in [0.2, 0.25) is 0 Å². The zero-order valence-electron chi connectivity index (χ0n) is 7.15. The maximum absolute atomic E-state index is 10.1. The molecular formula is C6H14ClNO6. The molecule has 7 N–H and O–H groups in total. The van der Waals surface area contributed by atoms with E-state index >= 15 is 0 Å². The van der Waals surface area contributed by atoms with Crippen LogP contribution in [0.25, 0.3) is 0 Å². The molecule has 0 saturated heterocycles. The number of aliphatic hydroxyl groups is 5. The van der Waals surface area contributed by atoms with Gasteiger partial charge in [-0.2, -0.15) is 0 Å². The number of hydrogen-bond donors (Lipinski definition) is 6. The van der Waals surface area contributed by atoms with Gasteiger partial charge in [-0.05, 0) is 0 Å². The van der Waals surface area contributed by atoms with E-state index < -0.39 is 30.6 Å². The highest BCUT2D eigenvalue weighted by molar-refractivity contribution is 5.85. The zero-order valence-corrected chi connectivity index (χ0v) is 7.96. The van der Waals surface area contributed by atoms with Gasteiger partial charge in [-0.3, -0.25) is 10.5 Å². The third-order valence-corrected chi connectivity index (χ3v) is 1.57. The maximum Gasteiger partial charge on any atom is 0.199 e. The third-order valence-electron chi connectivity index (χ3n) is 1.57. The lowest BCUT2D eigenvalue weighted by Crippen LogP contribution is -2.60. The van der Waals surface area contributed by atoms with Crippen molar-refractivity contribution in [1.82, 2.24) is 0 Å². The summed E-state index contributed by atoms with van der Waals surface area (Å²) in [5, 5.41) is 44.1. The summed E-state index contributed by atoms with van der Waals surface area (Å²) in [7, 11) is 0. The Morgan fingerprint density at radius 3 is 2.07 bits per heavy atom. The Bertz CT molecular complexity index is 178. The lowest BCUT2D eigenvalue weighted by Gasteiger charge is -2.28. The van der Waals surface area contributed by atoms with E-state index in [1.165, 1.54) is 0 Å². The van der Waals surface area contributed by atoms with E-state index in [0.717, 1.165) is 0 Å². The first-order chi connectivity index (χ1) is 5.86. The van der Waals surface area contributed by atoms with Gasteiger partial charge in [-0.25, -0.2) is 0 Å². The van der Waals surface area contributed by atoms with Crippen LogP contribution in [0, 0.1) is 0 Å². The van der Waals surface area contributed by atoms with Gasteiger partial charge in [0.05, 0.1) is 6.61 Å². The molecule has 0 aromatic rings. The van der Waals surface area contributed by atoms with Crippen LogP contribution in [0.5, 0.6) is 0 Å². The quantitative estimate of drug-likeness (QED) is 0.211. The predicted octanol–water partition coefficient (Wildman–Crippen LogP) is -3.67. The maximum atomic E-state index is 10.1. The lowest BCUT2D eigenvalue weighted by atomic mass is 10.00. The van der Waals surface area contributed by atoms with Crippen molar-refractivity contribution in [3.63, 3.8) is 0 Å². The molecule has 0 unspecified atom stereocenters. The van der Waals surface area contributed by atoms with Crippen molar-refractivity contribution in [2.75, 3.05) is 6.61 Å². The van der Waals surface area contributed by atoms with Crippen molar-refractivity contribution in [2.45, 2.75) is 24.0 Å². The van der Waals surface area contributed by atoms with E-state index in [9.17, 15) is 4.79 Å². The number of carbonyl (C=O) groups excluding carboxylic acids is 1. The Morgan fingerprint density at radius 2 is 1.79 bits per heavy atom. The molecule has 0 fully saturated rings. The van der Waals surface area contributed by atoms with E-state index in [2.05, 4.69) is 0 Å². The van der Waals surface area contributed by atoms with Crippen molar-refractivity contribution < 1.29 is 30.3 Å². The average molecular weight is 232 g/mol. The van der Waals surface area contributed by atoms with Crippen LogP contribution in [0.3, 0.4) is 0 Å².